The SMILES string of the molecule is C1=C[C@H]2C[C@@H]1C(c1ccccc1)=C2c1ccccc1. The van der Waals surface area contributed by atoms with Gasteiger partial charge in [-0.05, 0) is 28.7 Å². The molecule has 4 rings (SSSR count). The van der Waals surface area contributed by atoms with Gasteiger partial charge in [0.1, 0.15) is 0 Å². The van der Waals surface area contributed by atoms with Crippen molar-refractivity contribution in [2.45, 2.75) is 6.42 Å². The molecule has 2 aliphatic rings. The van der Waals surface area contributed by atoms with Gasteiger partial charge in [-0.2, -0.15) is 0 Å². The third-order valence-electron chi connectivity index (χ3n) is 4.28. The van der Waals surface area contributed by atoms with E-state index in [1.807, 2.05) is 0 Å². The van der Waals surface area contributed by atoms with Crippen molar-refractivity contribution in [1.29, 1.82) is 0 Å². The van der Waals surface area contributed by atoms with Crippen molar-refractivity contribution < 1.29 is 0 Å². The van der Waals surface area contributed by atoms with Crippen LogP contribution in [0.5, 0.6) is 0 Å². The number of hydrogen-bond donors (Lipinski definition) is 0. The molecule has 19 heavy (non-hydrogen) atoms. The maximum Gasteiger partial charge on any atom is 0.00361 e. The van der Waals surface area contributed by atoms with Crippen LogP contribution in [0.1, 0.15) is 17.5 Å². The van der Waals surface area contributed by atoms with Crippen LogP contribution in [0.2, 0.25) is 0 Å². The van der Waals surface area contributed by atoms with Gasteiger partial charge >= 0.3 is 0 Å². The smallest absolute Gasteiger partial charge is 0.00361 e. The summed E-state index contributed by atoms with van der Waals surface area (Å²) in [5.41, 5.74) is 5.86. The Bertz CT molecular complexity index is 589. The van der Waals surface area contributed by atoms with E-state index in [1.54, 1.807) is 11.1 Å². The summed E-state index contributed by atoms with van der Waals surface area (Å²) in [4.78, 5) is 0. The summed E-state index contributed by atoms with van der Waals surface area (Å²) in [5.74, 6) is 1.23. The lowest BCUT2D eigenvalue weighted by Crippen LogP contribution is -1.98. The topological polar surface area (TPSA) is 0 Å². The fourth-order valence-electron chi connectivity index (χ4n) is 3.50. The normalized spacial score (nSPS) is 24.2. The van der Waals surface area contributed by atoms with Crippen LogP contribution in [0.25, 0.3) is 11.1 Å². The van der Waals surface area contributed by atoms with Gasteiger partial charge in [-0.1, -0.05) is 72.8 Å². The van der Waals surface area contributed by atoms with Crippen LogP contribution in [0.15, 0.2) is 72.8 Å². The van der Waals surface area contributed by atoms with Crippen LogP contribution < -0.4 is 0 Å². The molecule has 0 fully saturated rings. The van der Waals surface area contributed by atoms with Crippen LogP contribution >= 0.6 is 0 Å². The maximum absolute atomic E-state index is 2.39. The molecule has 0 saturated heterocycles. The van der Waals surface area contributed by atoms with Gasteiger partial charge in [-0.3, -0.25) is 0 Å². The van der Waals surface area contributed by atoms with E-state index in [4.69, 9.17) is 0 Å². The average molecular weight is 244 g/mol. The number of benzene rings is 2. The fraction of sp³-hybridized carbons (Fsp3) is 0.158. The molecule has 2 atom stereocenters. The molecule has 2 bridgehead atoms. The average Bonchev–Trinajstić information content (AvgIpc) is 3.10. The summed E-state index contributed by atoms with van der Waals surface area (Å²) < 4.78 is 0. The van der Waals surface area contributed by atoms with Crippen molar-refractivity contribution in [3.05, 3.63) is 83.9 Å². The molecule has 92 valence electrons. The summed E-state index contributed by atoms with van der Waals surface area (Å²) >= 11 is 0. The zero-order valence-electron chi connectivity index (χ0n) is 10.8. The van der Waals surface area contributed by atoms with Gasteiger partial charge in [-0.15, -0.1) is 0 Å². The van der Waals surface area contributed by atoms with E-state index < -0.39 is 0 Å². The molecule has 0 heteroatoms. The largest absolute Gasteiger partial charge is 0.0803 e. The molecule has 0 nitrogen and oxygen atoms in total. The summed E-state index contributed by atoms with van der Waals surface area (Å²) in [5, 5.41) is 0. The zero-order chi connectivity index (χ0) is 12.7. The molecule has 0 saturated carbocycles. The number of rotatable bonds is 2. The highest BCUT2D eigenvalue weighted by Gasteiger charge is 2.35. The number of allylic oxidation sites excluding steroid dienone is 4. The van der Waals surface area contributed by atoms with Gasteiger partial charge < -0.3 is 0 Å². The first-order valence-electron chi connectivity index (χ1n) is 6.97. The molecule has 2 aliphatic carbocycles. The highest BCUT2D eigenvalue weighted by molar-refractivity contribution is 5.97. The first-order valence-corrected chi connectivity index (χ1v) is 6.97. The van der Waals surface area contributed by atoms with Crippen LogP contribution in [0.4, 0.5) is 0 Å². The Morgan fingerprint density at radius 1 is 0.579 bits per heavy atom. The van der Waals surface area contributed by atoms with Crippen molar-refractivity contribution in [3.8, 4) is 0 Å². The van der Waals surface area contributed by atoms with E-state index in [-0.39, 0.29) is 0 Å². The maximum atomic E-state index is 2.39. The van der Waals surface area contributed by atoms with Gasteiger partial charge in [0, 0.05) is 11.8 Å². The summed E-state index contributed by atoms with van der Waals surface area (Å²) in [6, 6.07) is 21.7. The molecule has 0 amide bonds. The molecule has 0 N–H and O–H groups in total. The lowest BCUT2D eigenvalue weighted by Gasteiger charge is -2.17. The minimum atomic E-state index is 0.614. The predicted octanol–water partition coefficient (Wildman–Crippen LogP) is 4.80. The highest BCUT2D eigenvalue weighted by atomic mass is 14.4. The molecule has 2 aromatic carbocycles. The molecule has 0 aromatic heterocycles. The van der Waals surface area contributed by atoms with E-state index in [1.165, 1.54) is 17.5 Å². The number of hydrogen-bond acceptors (Lipinski definition) is 0. The molecule has 0 heterocycles. The van der Waals surface area contributed by atoms with Crippen molar-refractivity contribution in [2.24, 2.45) is 11.8 Å². The third kappa shape index (κ3) is 1.67. The zero-order valence-corrected chi connectivity index (χ0v) is 10.8. The Morgan fingerprint density at radius 3 is 1.42 bits per heavy atom. The Hall–Kier alpha value is -2.08. The lowest BCUT2D eigenvalue weighted by molar-refractivity contribution is 0.746. The van der Waals surface area contributed by atoms with Crippen LogP contribution in [-0.2, 0) is 0 Å². The Labute approximate surface area is 114 Å². The summed E-state index contributed by atoms with van der Waals surface area (Å²) in [6.07, 6.45) is 6.04. The van der Waals surface area contributed by atoms with E-state index in [9.17, 15) is 0 Å². The van der Waals surface area contributed by atoms with E-state index in [0.717, 1.165) is 0 Å². The Balaban J connectivity index is 1.91. The summed E-state index contributed by atoms with van der Waals surface area (Å²) in [6.45, 7) is 0. The van der Waals surface area contributed by atoms with Crippen molar-refractivity contribution in [3.63, 3.8) is 0 Å². The number of fused-ring (bicyclic) bond motifs is 2. The van der Waals surface area contributed by atoms with Crippen LogP contribution in [0, 0.1) is 11.8 Å². The van der Waals surface area contributed by atoms with Crippen molar-refractivity contribution >= 4 is 11.1 Å². The highest BCUT2D eigenvalue weighted by Crippen LogP contribution is 2.52. The minimum absolute atomic E-state index is 0.614. The molecule has 0 aliphatic heterocycles. The second kappa shape index (κ2) is 4.24. The van der Waals surface area contributed by atoms with E-state index >= 15 is 0 Å². The van der Waals surface area contributed by atoms with Gasteiger partial charge in [0.25, 0.3) is 0 Å². The molecule has 0 radical (unpaired) electrons. The fourth-order valence-corrected chi connectivity index (χ4v) is 3.50. The molecular weight excluding hydrogens is 228 g/mol. The van der Waals surface area contributed by atoms with Gasteiger partial charge in [-0.25, -0.2) is 0 Å². The monoisotopic (exact) mass is 244 g/mol. The molecular formula is C19H16. The quantitative estimate of drug-likeness (QED) is 0.665. The van der Waals surface area contributed by atoms with Crippen LogP contribution in [0.3, 0.4) is 0 Å². The first kappa shape index (κ1) is 10.8. The van der Waals surface area contributed by atoms with Crippen molar-refractivity contribution in [1.82, 2.24) is 0 Å². The Kier molecular flexibility index (Phi) is 2.41. The van der Waals surface area contributed by atoms with Gasteiger partial charge in [0.2, 0.25) is 0 Å². The van der Waals surface area contributed by atoms with Gasteiger partial charge in [0.05, 0.1) is 0 Å². The Morgan fingerprint density at radius 2 is 1.00 bits per heavy atom. The predicted molar refractivity (Wildman–Crippen MR) is 80.4 cm³/mol. The summed E-state index contributed by atoms with van der Waals surface area (Å²) in [7, 11) is 0. The van der Waals surface area contributed by atoms with E-state index in [0.29, 0.717) is 11.8 Å². The first-order chi connectivity index (χ1) is 9.43. The standard InChI is InChI=1S/C19H16/c1-3-7-14(8-4-1)18-16-11-12-17(13-16)19(18)15-9-5-2-6-10-15/h1-12,16-17H,13H2/t16-,17+. The molecule has 0 unspecified atom stereocenters. The van der Waals surface area contributed by atoms with Crippen LogP contribution in [-0.4, -0.2) is 0 Å². The third-order valence-corrected chi connectivity index (χ3v) is 4.28. The molecule has 0 spiro atoms. The second-order valence-electron chi connectivity index (χ2n) is 5.39. The van der Waals surface area contributed by atoms with E-state index in [2.05, 4.69) is 72.8 Å². The molecule has 2 aromatic rings. The minimum Gasteiger partial charge on any atom is -0.0803 e. The van der Waals surface area contributed by atoms with Gasteiger partial charge in [0.15, 0.2) is 0 Å². The second-order valence-corrected chi connectivity index (χ2v) is 5.39. The lowest BCUT2D eigenvalue weighted by atomic mass is 9.87. The van der Waals surface area contributed by atoms with Crippen molar-refractivity contribution in [2.75, 3.05) is 0 Å².